The van der Waals surface area contributed by atoms with Crippen molar-refractivity contribution in [3.8, 4) is 6.07 Å². The van der Waals surface area contributed by atoms with Crippen LogP contribution in [0.1, 0.15) is 23.6 Å². The highest BCUT2D eigenvalue weighted by Gasteiger charge is 2.25. The van der Waals surface area contributed by atoms with Gasteiger partial charge in [0.05, 0.1) is 5.69 Å². The lowest BCUT2D eigenvalue weighted by atomic mass is 10.1. The maximum Gasteiger partial charge on any atom is 0.242 e. The van der Waals surface area contributed by atoms with E-state index in [1.165, 1.54) is 18.3 Å². The third-order valence-electron chi connectivity index (χ3n) is 3.60. The molecule has 22 heavy (non-hydrogen) atoms. The van der Waals surface area contributed by atoms with E-state index in [1.54, 1.807) is 0 Å². The fourth-order valence-corrected chi connectivity index (χ4v) is 3.78. The third-order valence-corrected chi connectivity index (χ3v) is 5.10. The largest absolute Gasteiger partial charge is 0.333 e. The third kappa shape index (κ3) is 2.86. The van der Waals surface area contributed by atoms with Crippen molar-refractivity contribution in [2.45, 2.75) is 37.2 Å². The summed E-state index contributed by atoms with van der Waals surface area (Å²) in [5, 5.41) is 8.70. The number of fused-ring (bicyclic) bond motifs is 1. The average molecular weight is 317 g/mol. The van der Waals surface area contributed by atoms with Crippen LogP contribution in [0.15, 0.2) is 29.4 Å². The molecule has 3 heterocycles. The van der Waals surface area contributed by atoms with Crippen LogP contribution in [0.3, 0.4) is 0 Å². The van der Waals surface area contributed by atoms with Gasteiger partial charge in [-0.05, 0) is 25.5 Å². The van der Waals surface area contributed by atoms with Crippen molar-refractivity contribution in [3.05, 3.63) is 41.7 Å². The maximum atomic E-state index is 12.4. The lowest BCUT2D eigenvalue weighted by Gasteiger charge is -2.24. The summed E-state index contributed by atoms with van der Waals surface area (Å²) in [5.74, 6) is 0.994. The number of aromatic nitrogens is 3. The van der Waals surface area contributed by atoms with Crippen LogP contribution in [0.5, 0.6) is 0 Å². The minimum Gasteiger partial charge on any atom is -0.333 e. The van der Waals surface area contributed by atoms with Crippen molar-refractivity contribution in [1.82, 2.24) is 19.3 Å². The molecule has 3 rings (SSSR count). The van der Waals surface area contributed by atoms with E-state index >= 15 is 0 Å². The Morgan fingerprint density at radius 3 is 2.95 bits per heavy atom. The number of nitriles is 1. The zero-order valence-electron chi connectivity index (χ0n) is 12.0. The van der Waals surface area contributed by atoms with Crippen LogP contribution in [0.4, 0.5) is 0 Å². The predicted molar refractivity (Wildman–Crippen MR) is 78.3 cm³/mol. The Balaban J connectivity index is 1.76. The number of aryl methyl sites for hydroxylation is 2. The van der Waals surface area contributed by atoms with Crippen molar-refractivity contribution in [2.24, 2.45) is 0 Å². The topological polar surface area (TPSA) is 101 Å². The minimum atomic E-state index is -3.64. The van der Waals surface area contributed by atoms with Gasteiger partial charge in [-0.15, -0.1) is 0 Å². The number of pyridine rings is 1. The first-order chi connectivity index (χ1) is 10.5. The lowest BCUT2D eigenvalue weighted by molar-refractivity contribution is 0.421. The first kappa shape index (κ1) is 14.7. The molecule has 114 valence electrons. The van der Waals surface area contributed by atoms with Crippen molar-refractivity contribution in [2.75, 3.05) is 0 Å². The molecule has 7 nitrogen and oxygen atoms in total. The summed E-state index contributed by atoms with van der Waals surface area (Å²) in [5.41, 5.74) is 1.13. The molecule has 0 saturated carbocycles. The van der Waals surface area contributed by atoms with Crippen LogP contribution < -0.4 is 4.72 Å². The SMILES string of the molecule is Cc1cn2c(n1)CC[C@@H](NS(=O)(=O)c1ccc(C#N)nc1)C2. The van der Waals surface area contributed by atoms with E-state index in [2.05, 4.69) is 14.7 Å². The number of hydrogen-bond donors (Lipinski definition) is 1. The van der Waals surface area contributed by atoms with E-state index < -0.39 is 10.0 Å². The lowest BCUT2D eigenvalue weighted by Crippen LogP contribution is -2.40. The van der Waals surface area contributed by atoms with Crippen LogP contribution in [0.25, 0.3) is 0 Å². The summed E-state index contributed by atoms with van der Waals surface area (Å²) in [6, 6.07) is 4.47. The second kappa shape index (κ2) is 5.51. The van der Waals surface area contributed by atoms with Crippen LogP contribution in [-0.4, -0.2) is 29.0 Å². The fraction of sp³-hybridized carbons (Fsp3) is 0.357. The van der Waals surface area contributed by atoms with Gasteiger partial charge in [-0.3, -0.25) is 0 Å². The summed E-state index contributed by atoms with van der Waals surface area (Å²) in [4.78, 5) is 8.27. The highest BCUT2D eigenvalue weighted by atomic mass is 32.2. The first-order valence-corrected chi connectivity index (χ1v) is 8.37. The van der Waals surface area contributed by atoms with Crippen molar-refractivity contribution >= 4 is 10.0 Å². The second-order valence-corrected chi connectivity index (χ2v) is 7.01. The van der Waals surface area contributed by atoms with Crippen molar-refractivity contribution < 1.29 is 8.42 Å². The molecular weight excluding hydrogens is 302 g/mol. The van der Waals surface area contributed by atoms with Crippen molar-refractivity contribution in [3.63, 3.8) is 0 Å². The number of nitrogens with zero attached hydrogens (tertiary/aromatic N) is 4. The van der Waals surface area contributed by atoms with Crippen LogP contribution in [-0.2, 0) is 23.0 Å². The monoisotopic (exact) mass is 317 g/mol. The zero-order valence-corrected chi connectivity index (χ0v) is 12.8. The Morgan fingerprint density at radius 2 is 2.27 bits per heavy atom. The summed E-state index contributed by atoms with van der Waals surface area (Å²) in [6.07, 6.45) is 4.58. The molecule has 0 fully saturated rings. The van der Waals surface area contributed by atoms with Crippen LogP contribution in [0, 0.1) is 18.3 Å². The van der Waals surface area contributed by atoms with Gasteiger partial charge in [-0.1, -0.05) is 0 Å². The molecule has 0 aliphatic carbocycles. The van der Waals surface area contributed by atoms with Gasteiger partial charge in [-0.25, -0.2) is 23.1 Å². The summed E-state index contributed by atoms with van der Waals surface area (Å²) < 4.78 is 29.4. The van der Waals surface area contributed by atoms with Crippen LogP contribution >= 0.6 is 0 Å². The van der Waals surface area contributed by atoms with Gasteiger partial charge in [-0.2, -0.15) is 5.26 Å². The van der Waals surface area contributed by atoms with Gasteiger partial charge in [0.1, 0.15) is 22.5 Å². The molecule has 1 N–H and O–H groups in total. The van der Waals surface area contributed by atoms with Crippen molar-refractivity contribution in [1.29, 1.82) is 5.26 Å². The summed E-state index contributed by atoms with van der Waals surface area (Å²) >= 11 is 0. The molecule has 8 heteroatoms. The molecule has 0 aromatic carbocycles. The Kier molecular flexibility index (Phi) is 3.68. The van der Waals surface area contributed by atoms with E-state index in [4.69, 9.17) is 5.26 Å². The molecule has 0 spiro atoms. The fourth-order valence-electron chi connectivity index (χ4n) is 2.58. The molecule has 1 aliphatic rings. The minimum absolute atomic E-state index is 0.0686. The van der Waals surface area contributed by atoms with E-state index in [9.17, 15) is 8.42 Å². The van der Waals surface area contributed by atoms with E-state index in [-0.39, 0.29) is 16.6 Å². The smallest absolute Gasteiger partial charge is 0.242 e. The number of imidazole rings is 1. The van der Waals surface area contributed by atoms with Gasteiger partial charge >= 0.3 is 0 Å². The van der Waals surface area contributed by atoms with Gasteiger partial charge < -0.3 is 4.57 Å². The highest BCUT2D eigenvalue weighted by molar-refractivity contribution is 7.89. The predicted octanol–water partition coefficient (Wildman–Crippen LogP) is 0.751. The summed E-state index contributed by atoms with van der Waals surface area (Å²) in [7, 11) is -3.64. The normalized spacial score (nSPS) is 17.7. The molecule has 1 atom stereocenters. The Bertz CT molecular complexity index is 833. The van der Waals surface area contributed by atoms with E-state index in [0.717, 1.165) is 17.9 Å². The molecule has 0 unspecified atom stereocenters. The molecule has 2 aromatic rings. The molecule has 0 amide bonds. The molecule has 0 bridgehead atoms. The van der Waals surface area contributed by atoms with E-state index in [0.29, 0.717) is 13.0 Å². The maximum absolute atomic E-state index is 12.4. The quantitative estimate of drug-likeness (QED) is 0.900. The number of hydrogen-bond acceptors (Lipinski definition) is 5. The molecule has 0 radical (unpaired) electrons. The Morgan fingerprint density at radius 1 is 1.45 bits per heavy atom. The standard InChI is InChI=1S/C14H15N5O2S/c1-10-8-19-9-12(3-5-14(19)17-10)18-22(20,21)13-4-2-11(6-15)16-7-13/h2,4,7-8,12,18H,3,5,9H2,1H3/t12-/m1/s1. The average Bonchev–Trinajstić information content (AvgIpc) is 2.86. The number of sulfonamides is 1. The van der Waals surface area contributed by atoms with Gasteiger partial charge in [0.15, 0.2) is 0 Å². The number of rotatable bonds is 3. The van der Waals surface area contributed by atoms with Gasteiger partial charge in [0.2, 0.25) is 10.0 Å². The van der Waals surface area contributed by atoms with Crippen LogP contribution in [0.2, 0.25) is 0 Å². The summed E-state index contributed by atoms with van der Waals surface area (Å²) in [6.45, 7) is 2.49. The number of nitrogens with one attached hydrogen (secondary N) is 1. The Labute approximate surface area is 128 Å². The zero-order chi connectivity index (χ0) is 15.7. The molecule has 1 aliphatic heterocycles. The second-order valence-electron chi connectivity index (χ2n) is 5.30. The first-order valence-electron chi connectivity index (χ1n) is 6.89. The molecule has 2 aromatic heterocycles. The molecular formula is C14H15N5O2S. The highest BCUT2D eigenvalue weighted by Crippen LogP contribution is 2.17. The van der Waals surface area contributed by atoms with Gasteiger partial charge in [0, 0.05) is 31.4 Å². The Hall–Kier alpha value is -2.24. The van der Waals surface area contributed by atoms with Gasteiger partial charge in [0.25, 0.3) is 0 Å². The van der Waals surface area contributed by atoms with E-state index in [1.807, 2.05) is 23.8 Å². The molecule has 0 saturated heterocycles.